The van der Waals surface area contributed by atoms with Crippen molar-refractivity contribution in [1.29, 1.82) is 0 Å². The van der Waals surface area contributed by atoms with E-state index in [0.29, 0.717) is 12.0 Å². The van der Waals surface area contributed by atoms with Crippen molar-refractivity contribution in [3.05, 3.63) is 69.3 Å². The summed E-state index contributed by atoms with van der Waals surface area (Å²) in [4.78, 5) is 35.5. The molecule has 4 N–H and O–H groups in total. The van der Waals surface area contributed by atoms with E-state index < -0.39 is 17.9 Å². The number of primary amides is 1. The Hall–Kier alpha value is -2.42. The van der Waals surface area contributed by atoms with E-state index in [9.17, 15) is 14.4 Å². The van der Waals surface area contributed by atoms with Gasteiger partial charge in [0.1, 0.15) is 6.04 Å². The first-order chi connectivity index (χ1) is 12.0. The highest BCUT2D eigenvalue weighted by atomic mass is 127. The highest BCUT2D eigenvalue weighted by molar-refractivity contribution is 14.1. The smallest absolute Gasteiger partial charge is 0.251 e. The lowest BCUT2D eigenvalue weighted by atomic mass is 10.1. The topological polar surface area (TPSA) is 101 Å². The summed E-state index contributed by atoms with van der Waals surface area (Å²) in [5.41, 5.74) is 6.73. The van der Waals surface area contributed by atoms with Crippen LogP contribution in [0.25, 0.3) is 0 Å². The van der Waals surface area contributed by atoms with Gasteiger partial charge in [-0.3, -0.25) is 14.4 Å². The average Bonchev–Trinajstić information content (AvgIpc) is 2.60. The Morgan fingerprint density at radius 1 is 1.04 bits per heavy atom. The van der Waals surface area contributed by atoms with Crippen LogP contribution in [0.4, 0.5) is 0 Å². The Balaban J connectivity index is 1.89. The second-order valence-corrected chi connectivity index (χ2v) is 6.65. The Bertz CT molecular complexity index is 765. The number of rotatable bonds is 7. The summed E-state index contributed by atoms with van der Waals surface area (Å²) in [7, 11) is 0. The molecule has 3 amide bonds. The molecule has 0 aliphatic rings. The van der Waals surface area contributed by atoms with Gasteiger partial charge in [-0.25, -0.2) is 0 Å². The molecule has 0 heterocycles. The quantitative estimate of drug-likeness (QED) is 0.553. The number of nitrogens with one attached hydrogen (secondary N) is 2. The van der Waals surface area contributed by atoms with Gasteiger partial charge < -0.3 is 16.4 Å². The van der Waals surface area contributed by atoms with Gasteiger partial charge in [0.25, 0.3) is 5.91 Å². The minimum absolute atomic E-state index is 0.232. The molecule has 0 aliphatic carbocycles. The van der Waals surface area contributed by atoms with Crippen LogP contribution in [-0.4, -0.2) is 30.3 Å². The molecule has 6 nitrogen and oxygen atoms in total. The Labute approximate surface area is 159 Å². The maximum atomic E-state index is 12.0. The van der Waals surface area contributed by atoms with E-state index in [1.807, 2.05) is 24.3 Å². The van der Waals surface area contributed by atoms with Gasteiger partial charge in [0.05, 0.1) is 6.54 Å². The lowest BCUT2D eigenvalue weighted by Gasteiger charge is -2.16. The van der Waals surface area contributed by atoms with Crippen molar-refractivity contribution in [1.82, 2.24) is 10.6 Å². The summed E-state index contributed by atoms with van der Waals surface area (Å²) in [6.07, 6.45) is 0.296. The number of hydrogen-bond acceptors (Lipinski definition) is 3. The largest absolute Gasteiger partial charge is 0.368 e. The Morgan fingerprint density at radius 3 is 2.40 bits per heavy atom. The zero-order valence-corrected chi connectivity index (χ0v) is 15.5. The number of hydrogen-bond donors (Lipinski definition) is 3. The van der Waals surface area contributed by atoms with Gasteiger partial charge in [0.15, 0.2) is 0 Å². The molecule has 2 aromatic carbocycles. The van der Waals surface area contributed by atoms with Crippen LogP contribution in [0.5, 0.6) is 0 Å². The van der Waals surface area contributed by atoms with Gasteiger partial charge in [-0.15, -0.1) is 0 Å². The van der Waals surface area contributed by atoms with Gasteiger partial charge in [0, 0.05) is 15.6 Å². The third-order valence-corrected chi connectivity index (χ3v) is 4.12. The molecular weight excluding hydrogens is 433 g/mol. The van der Waals surface area contributed by atoms with Crippen molar-refractivity contribution < 1.29 is 14.4 Å². The first-order valence-corrected chi connectivity index (χ1v) is 8.70. The molecule has 1 atom stereocenters. The second kappa shape index (κ2) is 9.16. The van der Waals surface area contributed by atoms with Crippen LogP contribution < -0.4 is 16.4 Å². The minimum atomic E-state index is -0.834. The average molecular weight is 451 g/mol. The number of carbonyl (C=O) groups is 3. The monoisotopic (exact) mass is 451 g/mol. The lowest BCUT2D eigenvalue weighted by molar-refractivity contribution is -0.126. The van der Waals surface area contributed by atoms with Crippen molar-refractivity contribution in [3.63, 3.8) is 0 Å². The van der Waals surface area contributed by atoms with Crippen LogP contribution in [0.2, 0.25) is 0 Å². The first-order valence-electron chi connectivity index (χ1n) is 7.62. The molecule has 130 valence electrons. The van der Waals surface area contributed by atoms with Crippen LogP contribution in [0, 0.1) is 3.57 Å². The molecule has 0 aromatic heterocycles. The first kappa shape index (κ1) is 18.9. The van der Waals surface area contributed by atoms with Crippen molar-refractivity contribution in [2.24, 2.45) is 5.73 Å². The highest BCUT2D eigenvalue weighted by Gasteiger charge is 2.19. The number of amides is 3. The third kappa shape index (κ3) is 6.18. The number of carbonyl (C=O) groups excluding carboxylic acids is 3. The molecule has 2 rings (SSSR count). The van der Waals surface area contributed by atoms with Crippen LogP contribution in [0.3, 0.4) is 0 Å². The number of benzene rings is 2. The zero-order chi connectivity index (χ0) is 18.2. The number of halogens is 1. The van der Waals surface area contributed by atoms with E-state index in [4.69, 9.17) is 5.73 Å². The predicted molar refractivity (Wildman–Crippen MR) is 103 cm³/mol. The fourth-order valence-corrected chi connectivity index (χ4v) is 2.83. The van der Waals surface area contributed by atoms with E-state index in [1.54, 1.807) is 30.3 Å². The molecule has 0 unspecified atom stereocenters. The van der Waals surface area contributed by atoms with Crippen molar-refractivity contribution in [2.45, 2.75) is 12.5 Å². The SMILES string of the molecule is NC(=O)[C@H](Cc1cccc(I)c1)NC(=O)CNC(=O)c1ccccc1. The standard InChI is InChI=1S/C18H18IN3O3/c19-14-8-4-5-12(9-14)10-15(17(20)24)22-16(23)11-21-18(25)13-6-2-1-3-7-13/h1-9,15H,10-11H2,(H2,20,24)(H,21,25)(H,22,23)/t15-/m0/s1. The fourth-order valence-electron chi connectivity index (χ4n) is 2.22. The molecule has 7 heteroatoms. The summed E-state index contributed by atoms with van der Waals surface area (Å²) in [5, 5.41) is 5.07. The molecule has 0 fully saturated rings. The van der Waals surface area contributed by atoms with Gasteiger partial charge in [-0.2, -0.15) is 0 Å². The fraction of sp³-hybridized carbons (Fsp3) is 0.167. The molecule has 0 bridgehead atoms. The maximum absolute atomic E-state index is 12.0. The Kier molecular flexibility index (Phi) is 6.93. The van der Waals surface area contributed by atoms with Crippen molar-refractivity contribution in [3.8, 4) is 0 Å². The molecule has 0 aliphatic heterocycles. The van der Waals surface area contributed by atoms with E-state index in [-0.39, 0.29) is 12.5 Å². The molecule has 0 saturated heterocycles. The summed E-state index contributed by atoms with van der Waals surface area (Å²) in [6.45, 7) is -0.232. The van der Waals surface area contributed by atoms with E-state index in [1.165, 1.54) is 0 Å². The van der Waals surface area contributed by atoms with Gasteiger partial charge in [0.2, 0.25) is 11.8 Å². The Morgan fingerprint density at radius 2 is 1.76 bits per heavy atom. The predicted octanol–water partition coefficient (Wildman–Crippen LogP) is 1.23. The second-order valence-electron chi connectivity index (χ2n) is 5.41. The molecule has 0 spiro atoms. The summed E-state index contributed by atoms with van der Waals surface area (Å²) in [5.74, 6) is -1.45. The van der Waals surface area contributed by atoms with Crippen LogP contribution >= 0.6 is 22.6 Å². The number of nitrogens with two attached hydrogens (primary N) is 1. The van der Waals surface area contributed by atoms with Gasteiger partial charge >= 0.3 is 0 Å². The molecule has 2 aromatic rings. The van der Waals surface area contributed by atoms with Crippen LogP contribution in [0.1, 0.15) is 15.9 Å². The highest BCUT2D eigenvalue weighted by Crippen LogP contribution is 2.10. The lowest BCUT2D eigenvalue weighted by Crippen LogP contribution is -2.49. The van der Waals surface area contributed by atoms with Gasteiger partial charge in [-0.1, -0.05) is 30.3 Å². The summed E-state index contributed by atoms with van der Waals surface area (Å²) in [6, 6.07) is 15.3. The van der Waals surface area contributed by atoms with Crippen LogP contribution in [0.15, 0.2) is 54.6 Å². The van der Waals surface area contributed by atoms with Crippen molar-refractivity contribution in [2.75, 3.05) is 6.54 Å². The molecule has 25 heavy (non-hydrogen) atoms. The van der Waals surface area contributed by atoms with Gasteiger partial charge in [-0.05, 0) is 52.4 Å². The van der Waals surface area contributed by atoms with E-state index in [0.717, 1.165) is 9.13 Å². The van der Waals surface area contributed by atoms with E-state index >= 15 is 0 Å². The third-order valence-electron chi connectivity index (χ3n) is 3.45. The molecular formula is C18H18IN3O3. The summed E-state index contributed by atoms with van der Waals surface area (Å²) < 4.78 is 1.03. The molecule has 0 saturated carbocycles. The normalized spacial score (nSPS) is 11.4. The molecule has 0 radical (unpaired) electrons. The van der Waals surface area contributed by atoms with Crippen molar-refractivity contribution >= 4 is 40.3 Å². The summed E-state index contributed by atoms with van der Waals surface area (Å²) >= 11 is 2.17. The van der Waals surface area contributed by atoms with Crippen LogP contribution in [-0.2, 0) is 16.0 Å². The van der Waals surface area contributed by atoms with E-state index in [2.05, 4.69) is 33.2 Å². The minimum Gasteiger partial charge on any atom is -0.368 e. The zero-order valence-electron chi connectivity index (χ0n) is 13.4. The maximum Gasteiger partial charge on any atom is 0.251 e.